The second-order valence-electron chi connectivity index (χ2n) is 5.15. The quantitative estimate of drug-likeness (QED) is 0.941. The molecule has 1 aliphatic heterocycles. The Balaban J connectivity index is 1.55. The predicted molar refractivity (Wildman–Crippen MR) is 79.2 cm³/mol. The fraction of sp³-hybridized carbons (Fsp3) is 0.400. The molecule has 0 bridgehead atoms. The van der Waals surface area contributed by atoms with Crippen LogP contribution in [0.4, 0.5) is 0 Å². The molecule has 106 valence electrons. The zero-order chi connectivity index (χ0) is 14.1. The third-order valence-electron chi connectivity index (χ3n) is 3.64. The number of benzene rings is 1. The average molecular weight is 292 g/mol. The first-order chi connectivity index (χ1) is 9.65. The lowest BCUT2D eigenvalue weighted by atomic mass is 10.1. The Morgan fingerprint density at radius 3 is 2.95 bits per heavy atom. The average Bonchev–Trinajstić information content (AvgIpc) is 2.94. The number of rotatable bonds is 4. The van der Waals surface area contributed by atoms with Gasteiger partial charge < -0.3 is 10.1 Å². The van der Waals surface area contributed by atoms with E-state index in [1.807, 2.05) is 30.8 Å². The van der Waals surface area contributed by atoms with E-state index < -0.39 is 0 Å². The summed E-state index contributed by atoms with van der Waals surface area (Å²) in [6.07, 6.45) is 1.15. The zero-order valence-corrected chi connectivity index (χ0v) is 12.4. The normalized spacial score (nSPS) is 17.1. The number of nitrogens with zero attached hydrogens (tertiary/aromatic N) is 2. The van der Waals surface area contributed by atoms with Crippen LogP contribution in [-0.2, 0) is 20.0 Å². The van der Waals surface area contributed by atoms with Crippen LogP contribution in [0.25, 0.3) is 0 Å². The molecule has 0 aliphatic carbocycles. The van der Waals surface area contributed by atoms with E-state index in [1.54, 1.807) is 0 Å². The molecule has 1 aliphatic rings. The van der Waals surface area contributed by atoms with Crippen molar-refractivity contribution in [3.63, 3.8) is 0 Å². The van der Waals surface area contributed by atoms with Gasteiger partial charge in [0.05, 0.1) is 16.4 Å². The minimum Gasteiger partial charge on any atom is -0.488 e. The molecule has 0 saturated carbocycles. The van der Waals surface area contributed by atoms with Crippen molar-refractivity contribution < 1.29 is 4.74 Å². The number of nitrogens with one attached hydrogen (secondary N) is 1. The van der Waals surface area contributed by atoms with Gasteiger partial charge in [0.1, 0.15) is 11.9 Å². The van der Waals surface area contributed by atoms with E-state index in [2.05, 4.69) is 22.5 Å². The van der Waals surface area contributed by atoms with Crippen LogP contribution in [0.5, 0.6) is 5.75 Å². The molecule has 0 saturated heterocycles. The summed E-state index contributed by atoms with van der Waals surface area (Å²) < 4.78 is 7.72. The Morgan fingerprint density at radius 2 is 2.25 bits per heavy atom. The third-order valence-corrected chi connectivity index (χ3v) is 4.13. The number of fused-ring (bicyclic) bond motifs is 1. The lowest BCUT2D eigenvalue weighted by Crippen LogP contribution is -2.30. The molecule has 2 heterocycles. The van der Waals surface area contributed by atoms with Gasteiger partial charge in [-0.05, 0) is 18.6 Å². The molecule has 1 unspecified atom stereocenters. The van der Waals surface area contributed by atoms with Crippen LogP contribution in [0.1, 0.15) is 17.0 Å². The smallest absolute Gasteiger partial charge is 0.123 e. The van der Waals surface area contributed by atoms with Gasteiger partial charge in [-0.1, -0.05) is 29.8 Å². The van der Waals surface area contributed by atoms with Crippen LogP contribution in [0.3, 0.4) is 0 Å². The summed E-state index contributed by atoms with van der Waals surface area (Å²) in [5.41, 5.74) is 3.17. The van der Waals surface area contributed by atoms with Gasteiger partial charge in [-0.25, -0.2) is 0 Å². The van der Waals surface area contributed by atoms with Gasteiger partial charge in [-0.15, -0.1) is 0 Å². The second-order valence-corrected chi connectivity index (χ2v) is 5.53. The number of halogens is 1. The van der Waals surface area contributed by atoms with E-state index in [1.165, 1.54) is 5.56 Å². The Labute approximate surface area is 123 Å². The number of hydrogen-bond acceptors (Lipinski definition) is 3. The number of aryl methyl sites for hydroxylation is 2. The van der Waals surface area contributed by atoms with E-state index in [4.69, 9.17) is 16.3 Å². The summed E-state index contributed by atoms with van der Waals surface area (Å²) in [4.78, 5) is 0. The molecule has 5 heteroatoms. The minimum atomic E-state index is 0.195. The number of para-hydroxylation sites is 1. The maximum absolute atomic E-state index is 6.23. The van der Waals surface area contributed by atoms with Gasteiger partial charge in [-0.3, -0.25) is 4.68 Å². The summed E-state index contributed by atoms with van der Waals surface area (Å²) in [6, 6.07) is 8.20. The lowest BCUT2D eigenvalue weighted by molar-refractivity contribution is 0.227. The fourth-order valence-corrected chi connectivity index (χ4v) is 2.82. The monoisotopic (exact) mass is 291 g/mol. The molecule has 0 spiro atoms. The molecule has 3 rings (SSSR count). The van der Waals surface area contributed by atoms with E-state index in [9.17, 15) is 0 Å². The molecule has 1 aromatic carbocycles. The van der Waals surface area contributed by atoms with Gasteiger partial charge in [0.15, 0.2) is 0 Å². The second kappa shape index (κ2) is 5.46. The number of aromatic nitrogens is 2. The number of ether oxygens (including phenoxy) is 1. The summed E-state index contributed by atoms with van der Waals surface area (Å²) >= 11 is 6.23. The van der Waals surface area contributed by atoms with Crippen molar-refractivity contribution in [2.24, 2.45) is 7.05 Å². The SMILES string of the molecule is Cc1nn(C)c(CNCC2Cc3ccccc3O2)c1Cl. The van der Waals surface area contributed by atoms with E-state index in [0.717, 1.165) is 35.1 Å². The zero-order valence-electron chi connectivity index (χ0n) is 11.7. The van der Waals surface area contributed by atoms with Crippen LogP contribution in [0.15, 0.2) is 24.3 Å². The Morgan fingerprint density at radius 1 is 1.45 bits per heavy atom. The van der Waals surface area contributed by atoms with Crippen LogP contribution in [-0.4, -0.2) is 22.4 Å². The highest BCUT2D eigenvalue weighted by atomic mass is 35.5. The lowest BCUT2D eigenvalue weighted by Gasteiger charge is -2.12. The van der Waals surface area contributed by atoms with Crippen molar-refractivity contribution in [1.29, 1.82) is 0 Å². The van der Waals surface area contributed by atoms with E-state index >= 15 is 0 Å². The van der Waals surface area contributed by atoms with Gasteiger partial charge in [0.25, 0.3) is 0 Å². The topological polar surface area (TPSA) is 39.1 Å². The van der Waals surface area contributed by atoms with Gasteiger partial charge in [-0.2, -0.15) is 5.10 Å². The third kappa shape index (κ3) is 2.53. The van der Waals surface area contributed by atoms with Gasteiger partial charge in [0.2, 0.25) is 0 Å². The molecule has 4 nitrogen and oxygen atoms in total. The molecule has 0 fully saturated rings. The molecule has 0 radical (unpaired) electrons. The van der Waals surface area contributed by atoms with E-state index in [0.29, 0.717) is 6.54 Å². The maximum atomic E-state index is 6.23. The molecule has 20 heavy (non-hydrogen) atoms. The first-order valence-electron chi connectivity index (χ1n) is 6.78. The predicted octanol–water partition coefficient (Wildman–Crippen LogP) is 2.48. The summed E-state index contributed by atoms with van der Waals surface area (Å²) in [5, 5.41) is 8.46. The molecular formula is C15H18ClN3O. The van der Waals surface area contributed by atoms with Crippen LogP contribution >= 0.6 is 11.6 Å². The molecule has 1 aromatic heterocycles. The van der Waals surface area contributed by atoms with Crippen LogP contribution in [0.2, 0.25) is 5.02 Å². The van der Waals surface area contributed by atoms with Crippen molar-refractivity contribution in [2.45, 2.75) is 26.0 Å². The van der Waals surface area contributed by atoms with Crippen molar-refractivity contribution in [2.75, 3.05) is 6.54 Å². The largest absolute Gasteiger partial charge is 0.488 e. The first kappa shape index (κ1) is 13.5. The minimum absolute atomic E-state index is 0.195. The van der Waals surface area contributed by atoms with Gasteiger partial charge in [0, 0.05) is 26.6 Å². The summed E-state index contributed by atoms with van der Waals surface area (Å²) in [5.74, 6) is 1.01. The molecule has 0 amide bonds. The molecular weight excluding hydrogens is 274 g/mol. The summed E-state index contributed by atoms with van der Waals surface area (Å²) in [6.45, 7) is 3.42. The Kier molecular flexibility index (Phi) is 3.68. The van der Waals surface area contributed by atoms with Crippen LogP contribution in [0, 0.1) is 6.92 Å². The Bertz CT molecular complexity index is 599. The maximum Gasteiger partial charge on any atom is 0.123 e. The first-order valence-corrected chi connectivity index (χ1v) is 7.16. The molecule has 1 N–H and O–H groups in total. The van der Waals surface area contributed by atoms with Crippen molar-refractivity contribution in [3.05, 3.63) is 46.2 Å². The highest BCUT2D eigenvalue weighted by Gasteiger charge is 2.22. The fourth-order valence-electron chi connectivity index (χ4n) is 2.59. The standard InChI is InChI=1S/C15H18ClN3O/c1-10-15(16)13(19(2)18-10)9-17-8-12-7-11-5-3-4-6-14(11)20-12/h3-6,12,17H,7-9H2,1-2H3. The molecule has 2 aromatic rings. The summed E-state index contributed by atoms with van der Waals surface area (Å²) in [7, 11) is 1.91. The van der Waals surface area contributed by atoms with Crippen molar-refractivity contribution in [3.8, 4) is 5.75 Å². The van der Waals surface area contributed by atoms with Crippen molar-refractivity contribution in [1.82, 2.24) is 15.1 Å². The van der Waals surface area contributed by atoms with Gasteiger partial charge >= 0.3 is 0 Å². The molecule has 1 atom stereocenters. The van der Waals surface area contributed by atoms with Crippen molar-refractivity contribution >= 4 is 11.6 Å². The van der Waals surface area contributed by atoms with E-state index in [-0.39, 0.29) is 6.10 Å². The van der Waals surface area contributed by atoms with Crippen LogP contribution < -0.4 is 10.1 Å². The number of hydrogen-bond donors (Lipinski definition) is 1. The highest BCUT2D eigenvalue weighted by Crippen LogP contribution is 2.27. The highest BCUT2D eigenvalue weighted by molar-refractivity contribution is 6.31. The Hall–Kier alpha value is -1.52.